The van der Waals surface area contributed by atoms with Gasteiger partial charge in [-0.2, -0.15) is 0 Å². The van der Waals surface area contributed by atoms with E-state index in [-0.39, 0.29) is 37.5 Å². The van der Waals surface area contributed by atoms with Crippen LogP contribution in [-0.2, 0) is 14.4 Å². The molecule has 0 saturated carbocycles. The molecule has 10 nitrogen and oxygen atoms in total. The number of nitrogens with zero attached hydrogens (tertiary/aromatic N) is 2. The minimum atomic E-state index is -0.989. The molecule has 24 heavy (non-hydrogen) atoms. The first-order valence-corrected chi connectivity index (χ1v) is 7.20. The molecule has 0 aliphatic heterocycles. The zero-order valence-electron chi connectivity index (χ0n) is 13.0. The van der Waals surface area contributed by atoms with Gasteiger partial charge in [0.2, 0.25) is 11.8 Å². The Kier molecular flexibility index (Phi) is 5.30. The van der Waals surface area contributed by atoms with Crippen LogP contribution in [0.5, 0.6) is 0 Å². The highest BCUT2D eigenvalue weighted by atomic mass is 16.4. The third-order valence-corrected chi connectivity index (χ3v) is 3.30. The van der Waals surface area contributed by atoms with Crippen molar-refractivity contribution < 1.29 is 19.5 Å². The van der Waals surface area contributed by atoms with Crippen molar-refractivity contribution in [2.75, 3.05) is 18.9 Å². The first-order chi connectivity index (χ1) is 11.3. The van der Waals surface area contributed by atoms with E-state index in [0.717, 1.165) is 0 Å². The van der Waals surface area contributed by atoms with Gasteiger partial charge in [-0.25, -0.2) is 9.78 Å². The number of hydrogen-bond acceptors (Lipinski definition) is 5. The van der Waals surface area contributed by atoms with Crippen LogP contribution in [0.1, 0.15) is 19.3 Å². The molecule has 10 heteroatoms. The molecule has 0 unspecified atom stereocenters. The van der Waals surface area contributed by atoms with Gasteiger partial charge < -0.3 is 20.3 Å². The number of amides is 2. The van der Waals surface area contributed by atoms with Crippen molar-refractivity contribution in [2.24, 2.45) is 0 Å². The molecule has 2 rings (SSSR count). The Morgan fingerprint density at radius 2 is 1.96 bits per heavy atom. The highest BCUT2D eigenvalue weighted by Gasteiger charge is 2.13. The molecule has 4 N–H and O–H groups in total. The molecule has 0 bridgehead atoms. The van der Waals surface area contributed by atoms with Crippen molar-refractivity contribution >= 4 is 34.8 Å². The Morgan fingerprint density at radius 3 is 2.67 bits per heavy atom. The van der Waals surface area contributed by atoms with E-state index >= 15 is 0 Å². The van der Waals surface area contributed by atoms with Gasteiger partial charge in [0.25, 0.3) is 0 Å². The Balaban J connectivity index is 1.84. The molecule has 2 heterocycles. The Labute approximate surface area is 135 Å². The Bertz CT molecular complexity index is 824. The lowest BCUT2D eigenvalue weighted by atomic mass is 10.2. The maximum Gasteiger partial charge on any atom is 0.325 e. The number of aliphatic carboxylic acids is 1. The Hall–Kier alpha value is -3.17. The second-order valence-corrected chi connectivity index (χ2v) is 5.18. The van der Waals surface area contributed by atoms with Crippen LogP contribution in [0.3, 0.4) is 0 Å². The van der Waals surface area contributed by atoms with Crippen molar-refractivity contribution in [3.63, 3.8) is 0 Å². The van der Waals surface area contributed by atoms with Crippen molar-refractivity contribution in [3.8, 4) is 0 Å². The summed E-state index contributed by atoms with van der Waals surface area (Å²) in [6.45, 7) is 0.0921. The summed E-state index contributed by atoms with van der Waals surface area (Å²) in [5.41, 5.74) is 0.450. The fraction of sp³-hybridized carbons (Fsp3) is 0.357. The van der Waals surface area contributed by atoms with Gasteiger partial charge in [0, 0.05) is 26.4 Å². The van der Waals surface area contributed by atoms with E-state index in [1.165, 1.54) is 18.0 Å². The molecule has 2 aromatic rings. The van der Waals surface area contributed by atoms with Crippen LogP contribution in [0.2, 0.25) is 0 Å². The number of nitrogens with one attached hydrogen (secondary N) is 3. The topological polar surface area (TPSA) is 148 Å². The van der Waals surface area contributed by atoms with Gasteiger partial charge in [-0.3, -0.25) is 19.4 Å². The number of imidazole rings is 1. The highest BCUT2D eigenvalue weighted by Crippen LogP contribution is 2.10. The maximum absolute atomic E-state index is 11.9. The van der Waals surface area contributed by atoms with Gasteiger partial charge >= 0.3 is 11.7 Å². The van der Waals surface area contributed by atoms with E-state index in [9.17, 15) is 19.2 Å². The van der Waals surface area contributed by atoms with E-state index < -0.39 is 17.6 Å². The number of pyridine rings is 1. The van der Waals surface area contributed by atoms with E-state index in [0.29, 0.717) is 11.2 Å². The predicted molar refractivity (Wildman–Crippen MR) is 84.5 cm³/mol. The summed E-state index contributed by atoms with van der Waals surface area (Å²) >= 11 is 0. The fourth-order valence-electron chi connectivity index (χ4n) is 1.99. The SMILES string of the molecule is CN(CCC(=O)O)C(=O)CCC(=O)Nc1ccc2[nH]c(=O)[nH]c2n1. The number of H-pyrrole nitrogens is 2. The Morgan fingerprint density at radius 1 is 1.21 bits per heavy atom. The third-order valence-electron chi connectivity index (χ3n) is 3.30. The van der Waals surface area contributed by atoms with Gasteiger partial charge in [-0.1, -0.05) is 0 Å². The minimum Gasteiger partial charge on any atom is -0.481 e. The fourth-order valence-corrected chi connectivity index (χ4v) is 1.99. The lowest BCUT2D eigenvalue weighted by molar-refractivity contribution is -0.138. The minimum absolute atomic E-state index is 0.0365. The monoisotopic (exact) mass is 335 g/mol. The second-order valence-electron chi connectivity index (χ2n) is 5.18. The summed E-state index contributed by atoms with van der Waals surface area (Å²) in [7, 11) is 1.49. The van der Waals surface area contributed by atoms with Gasteiger partial charge in [-0.05, 0) is 12.1 Å². The molecule has 0 fully saturated rings. The molecule has 0 atom stereocenters. The van der Waals surface area contributed by atoms with E-state index in [1.54, 1.807) is 6.07 Å². The molecule has 2 aromatic heterocycles. The molecule has 0 aliphatic rings. The summed E-state index contributed by atoms with van der Waals surface area (Å²) in [6, 6.07) is 3.13. The van der Waals surface area contributed by atoms with Crippen LogP contribution in [0.25, 0.3) is 11.2 Å². The van der Waals surface area contributed by atoms with Gasteiger partial charge in [0.05, 0.1) is 11.9 Å². The number of rotatable bonds is 7. The largest absolute Gasteiger partial charge is 0.481 e. The average molecular weight is 335 g/mol. The maximum atomic E-state index is 11.9. The van der Waals surface area contributed by atoms with E-state index in [2.05, 4.69) is 20.3 Å². The van der Waals surface area contributed by atoms with Crippen LogP contribution in [0, 0.1) is 0 Å². The molecule has 0 saturated heterocycles. The van der Waals surface area contributed by atoms with Crippen molar-refractivity contribution in [3.05, 3.63) is 22.6 Å². The number of carbonyl (C=O) groups excluding carboxylic acids is 2. The van der Waals surface area contributed by atoms with Crippen molar-refractivity contribution in [1.29, 1.82) is 0 Å². The summed E-state index contributed by atoms with van der Waals surface area (Å²) in [4.78, 5) is 55.6. The zero-order valence-corrected chi connectivity index (χ0v) is 13.0. The van der Waals surface area contributed by atoms with Crippen LogP contribution in [0.4, 0.5) is 5.82 Å². The number of carboxylic acid groups (broad SMARTS) is 1. The number of anilines is 1. The number of carboxylic acids is 1. The highest BCUT2D eigenvalue weighted by molar-refractivity contribution is 5.93. The molecule has 0 spiro atoms. The van der Waals surface area contributed by atoms with Crippen LogP contribution >= 0.6 is 0 Å². The van der Waals surface area contributed by atoms with Crippen LogP contribution in [0.15, 0.2) is 16.9 Å². The zero-order chi connectivity index (χ0) is 17.7. The van der Waals surface area contributed by atoms with E-state index in [1.807, 2.05) is 0 Å². The third kappa shape index (κ3) is 4.66. The average Bonchev–Trinajstić information content (AvgIpc) is 2.89. The number of carbonyl (C=O) groups is 3. The summed E-state index contributed by atoms with van der Waals surface area (Å²) < 4.78 is 0. The smallest absolute Gasteiger partial charge is 0.325 e. The predicted octanol–water partition coefficient (Wildman–Crippen LogP) is -0.0970. The quantitative estimate of drug-likeness (QED) is 0.555. The summed E-state index contributed by atoms with van der Waals surface area (Å²) in [6.07, 6.45) is -0.238. The molecular weight excluding hydrogens is 318 g/mol. The summed E-state index contributed by atoms with van der Waals surface area (Å²) in [5.74, 6) is -1.45. The molecular formula is C14H17N5O5. The summed E-state index contributed by atoms with van der Waals surface area (Å²) in [5, 5.41) is 11.1. The van der Waals surface area contributed by atoms with Crippen LogP contribution in [-0.4, -0.2) is 56.3 Å². The molecule has 0 radical (unpaired) electrons. The van der Waals surface area contributed by atoms with Crippen LogP contribution < -0.4 is 11.0 Å². The van der Waals surface area contributed by atoms with Gasteiger partial charge in [-0.15, -0.1) is 0 Å². The lowest BCUT2D eigenvalue weighted by Gasteiger charge is -2.15. The molecule has 2 amide bonds. The first kappa shape index (κ1) is 17.2. The number of aromatic amines is 2. The van der Waals surface area contributed by atoms with Gasteiger partial charge in [0.15, 0.2) is 5.65 Å². The van der Waals surface area contributed by atoms with Crippen molar-refractivity contribution in [2.45, 2.75) is 19.3 Å². The van der Waals surface area contributed by atoms with E-state index in [4.69, 9.17) is 5.11 Å². The number of fused-ring (bicyclic) bond motifs is 1. The number of hydrogen-bond donors (Lipinski definition) is 4. The molecule has 128 valence electrons. The lowest BCUT2D eigenvalue weighted by Crippen LogP contribution is -2.29. The first-order valence-electron chi connectivity index (χ1n) is 7.20. The standard InChI is InChI=1S/C14H17N5O5/c1-19(7-6-12(22)23)11(21)5-4-10(20)16-9-3-2-8-13(17-9)18-14(24)15-8/h2-3H,4-7H2,1H3,(H,22,23)(H3,15,16,17,18,20,24). The molecule has 0 aromatic carbocycles. The normalized spacial score (nSPS) is 10.5. The van der Waals surface area contributed by atoms with Gasteiger partial charge in [0.1, 0.15) is 5.82 Å². The second kappa shape index (κ2) is 7.40. The number of aromatic nitrogens is 3. The molecule has 0 aliphatic carbocycles. The van der Waals surface area contributed by atoms with Crippen molar-refractivity contribution in [1.82, 2.24) is 19.9 Å².